The van der Waals surface area contributed by atoms with Gasteiger partial charge in [0.05, 0.1) is 5.56 Å². The number of amides is 1. The molecule has 3 N–H and O–H groups in total. The number of anilines is 1. The van der Waals surface area contributed by atoms with E-state index in [0.717, 1.165) is 6.42 Å². The van der Waals surface area contributed by atoms with E-state index in [-0.39, 0.29) is 22.9 Å². The summed E-state index contributed by atoms with van der Waals surface area (Å²) in [7, 11) is 3.99. The Bertz CT molecular complexity index is 1470. The molecule has 0 bridgehead atoms. The number of hydrogen-bond donors (Lipinski definition) is 2. The van der Waals surface area contributed by atoms with Crippen LogP contribution in [0.15, 0.2) is 54.7 Å². The molecule has 1 aliphatic rings. The maximum absolute atomic E-state index is 13.3. The SMILES string of the molecule is CN(C)C1CCN(C(=O)c2cc(-c3cnc4[nH]nc(-c5ccccc5OC(F)(F)F)c4c3)ccc2N)C1. The van der Waals surface area contributed by atoms with Crippen molar-refractivity contribution in [1.29, 1.82) is 0 Å². The van der Waals surface area contributed by atoms with E-state index < -0.39 is 6.36 Å². The predicted molar refractivity (Wildman–Crippen MR) is 134 cm³/mol. The number of alkyl halides is 3. The molecule has 3 heterocycles. The number of para-hydroxylation sites is 1. The first-order valence-electron chi connectivity index (χ1n) is 11.7. The van der Waals surface area contributed by atoms with Crippen molar-refractivity contribution in [2.24, 2.45) is 0 Å². The van der Waals surface area contributed by atoms with Gasteiger partial charge in [-0.15, -0.1) is 13.2 Å². The fourth-order valence-electron chi connectivity index (χ4n) is 4.58. The molecule has 5 rings (SSSR count). The summed E-state index contributed by atoms with van der Waals surface area (Å²) >= 11 is 0. The van der Waals surface area contributed by atoms with Crippen molar-refractivity contribution < 1.29 is 22.7 Å². The summed E-state index contributed by atoms with van der Waals surface area (Å²) in [5.41, 5.74) is 9.14. The van der Waals surface area contributed by atoms with E-state index in [9.17, 15) is 18.0 Å². The van der Waals surface area contributed by atoms with Gasteiger partial charge < -0.3 is 20.3 Å². The van der Waals surface area contributed by atoms with Gasteiger partial charge in [0.1, 0.15) is 11.4 Å². The number of H-pyrrole nitrogens is 1. The Labute approximate surface area is 210 Å². The predicted octanol–water partition coefficient (Wildman–Crippen LogP) is 4.55. The molecule has 8 nitrogen and oxygen atoms in total. The van der Waals surface area contributed by atoms with Crippen LogP contribution < -0.4 is 10.5 Å². The number of fused-ring (bicyclic) bond motifs is 1. The van der Waals surface area contributed by atoms with Crippen molar-refractivity contribution >= 4 is 22.6 Å². The molecule has 1 fully saturated rings. The molecular weight excluding hydrogens is 485 g/mol. The number of pyridine rings is 1. The van der Waals surface area contributed by atoms with Crippen LogP contribution in [0.1, 0.15) is 16.8 Å². The molecule has 1 amide bonds. The van der Waals surface area contributed by atoms with Crippen LogP contribution in [0.2, 0.25) is 0 Å². The van der Waals surface area contributed by atoms with Crippen molar-refractivity contribution in [2.75, 3.05) is 32.9 Å². The zero-order valence-electron chi connectivity index (χ0n) is 20.2. The van der Waals surface area contributed by atoms with Gasteiger partial charge in [0.25, 0.3) is 5.91 Å². The summed E-state index contributed by atoms with van der Waals surface area (Å²) in [5.74, 6) is -0.504. The summed E-state index contributed by atoms with van der Waals surface area (Å²) in [6.07, 6.45) is -2.34. The molecule has 1 saturated heterocycles. The average Bonchev–Trinajstić information content (AvgIpc) is 3.51. The van der Waals surface area contributed by atoms with E-state index in [2.05, 4.69) is 24.8 Å². The summed E-state index contributed by atoms with van der Waals surface area (Å²) in [6, 6.07) is 13.0. The molecule has 1 unspecified atom stereocenters. The normalized spacial score (nSPS) is 16.1. The molecule has 2 aromatic heterocycles. The molecule has 0 saturated carbocycles. The molecule has 1 aliphatic heterocycles. The van der Waals surface area contributed by atoms with Crippen molar-refractivity contribution in [3.63, 3.8) is 0 Å². The average molecular weight is 511 g/mol. The highest BCUT2D eigenvalue weighted by molar-refractivity contribution is 6.01. The number of nitrogens with two attached hydrogens (primary N) is 1. The zero-order chi connectivity index (χ0) is 26.3. The van der Waals surface area contributed by atoms with Gasteiger partial charge in [-0.2, -0.15) is 5.10 Å². The van der Waals surface area contributed by atoms with Crippen molar-refractivity contribution in [3.8, 4) is 28.1 Å². The quantitative estimate of drug-likeness (QED) is 0.382. The maximum atomic E-state index is 13.3. The summed E-state index contributed by atoms with van der Waals surface area (Å²) in [4.78, 5) is 21.6. The van der Waals surface area contributed by atoms with Crippen molar-refractivity contribution in [1.82, 2.24) is 25.0 Å². The van der Waals surface area contributed by atoms with Gasteiger partial charge in [0.15, 0.2) is 5.65 Å². The lowest BCUT2D eigenvalue weighted by Gasteiger charge is -2.21. The molecule has 1 atom stereocenters. The van der Waals surface area contributed by atoms with Crippen LogP contribution in [0.5, 0.6) is 5.75 Å². The van der Waals surface area contributed by atoms with Crippen LogP contribution in [0, 0.1) is 0 Å². The van der Waals surface area contributed by atoms with E-state index in [1.165, 1.54) is 18.2 Å². The Morgan fingerprint density at radius 1 is 1.16 bits per heavy atom. The van der Waals surface area contributed by atoms with E-state index in [0.29, 0.717) is 52.5 Å². The second-order valence-electron chi connectivity index (χ2n) is 9.20. The number of halogens is 3. The number of carbonyl (C=O) groups excluding carboxylic acids is 1. The van der Waals surface area contributed by atoms with Crippen LogP contribution >= 0.6 is 0 Å². The standard InChI is InChI=1S/C26H25F3N6O2/c1-34(2)17-9-10-35(14-17)25(36)19-11-15(7-8-21(19)30)16-12-20-23(32-33-24(20)31-13-16)18-5-3-4-6-22(18)37-26(27,28)29/h3-8,11-13,17H,9-10,14,30H2,1-2H3,(H,31,32,33). The van der Waals surface area contributed by atoms with E-state index in [1.807, 2.05) is 14.1 Å². The Balaban J connectivity index is 1.51. The second-order valence-corrected chi connectivity index (χ2v) is 9.20. The van der Waals surface area contributed by atoms with Crippen LogP contribution in [-0.4, -0.2) is 70.5 Å². The third-order valence-corrected chi connectivity index (χ3v) is 6.58. The number of nitrogens with one attached hydrogen (secondary N) is 1. The minimum Gasteiger partial charge on any atom is -0.405 e. The Kier molecular flexibility index (Phi) is 6.24. The Hall–Kier alpha value is -4.12. The van der Waals surface area contributed by atoms with Gasteiger partial charge in [-0.05, 0) is 56.4 Å². The summed E-state index contributed by atoms with van der Waals surface area (Å²) in [5, 5.41) is 7.47. The van der Waals surface area contributed by atoms with E-state index in [4.69, 9.17) is 5.73 Å². The maximum Gasteiger partial charge on any atom is 0.573 e. The Morgan fingerprint density at radius 2 is 1.95 bits per heavy atom. The second kappa shape index (κ2) is 9.40. The molecule has 192 valence electrons. The third kappa shape index (κ3) is 4.94. The molecule has 2 aromatic carbocycles. The highest BCUT2D eigenvalue weighted by Crippen LogP contribution is 2.37. The number of hydrogen-bond acceptors (Lipinski definition) is 6. The van der Waals surface area contributed by atoms with Crippen molar-refractivity contribution in [3.05, 3.63) is 60.3 Å². The highest BCUT2D eigenvalue weighted by Gasteiger charge is 2.33. The molecule has 11 heteroatoms. The monoisotopic (exact) mass is 510 g/mol. The smallest absolute Gasteiger partial charge is 0.405 e. The number of nitrogens with zero attached hydrogens (tertiary/aromatic N) is 4. The minimum atomic E-state index is -4.85. The van der Waals surface area contributed by atoms with Gasteiger partial charge in [-0.3, -0.25) is 9.89 Å². The molecule has 0 spiro atoms. The number of carbonyl (C=O) groups is 1. The third-order valence-electron chi connectivity index (χ3n) is 6.58. The number of rotatable bonds is 5. The van der Waals surface area contributed by atoms with Gasteiger partial charge in [-0.25, -0.2) is 4.98 Å². The van der Waals surface area contributed by atoms with E-state index in [1.54, 1.807) is 41.4 Å². The summed E-state index contributed by atoms with van der Waals surface area (Å²) < 4.78 is 43.1. The topological polar surface area (TPSA) is 100 Å². The van der Waals surface area contributed by atoms with Crippen LogP contribution in [0.3, 0.4) is 0 Å². The van der Waals surface area contributed by atoms with Crippen LogP contribution in [0.4, 0.5) is 18.9 Å². The fourth-order valence-corrected chi connectivity index (χ4v) is 4.58. The first-order valence-corrected chi connectivity index (χ1v) is 11.7. The van der Waals surface area contributed by atoms with E-state index >= 15 is 0 Å². The number of benzene rings is 2. The van der Waals surface area contributed by atoms with Gasteiger partial charge in [-0.1, -0.05) is 18.2 Å². The molecule has 0 aliphatic carbocycles. The lowest BCUT2D eigenvalue weighted by molar-refractivity contribution is -0.274. The fraction of sp³-hybridized carbons (Fsp3) is 0.269. The lowest BCUT2D eigenvalue weighted by Crippen LogP contribution is -2.34. The first kappa shape index (κ1) is 24.6. The first-order chi connectivity index (χ1) is 17.6. The largest absolute Gasteiger partial charge is 0.573 e. The lowest BCUT2D eigenvalue weighted by atomic mass is 10.0. The van der Waals surface area contributed by atoms with Gasteiger partial charge >= 0.3 is 6.36 Å². The Morgan fingerprint density at radius 3 is 2.68 bits per heavy atom. The number of aromatic nitrogens is 3. The van der Waals surface area contributed by atoms with Gasteiger partial charge in [0.2, 0.25) is 0 Å². The molecule has 0 radical (unpaired) electrons. The number of aromatic amines is 1. The molecule has 37 heavy (non-hydrogen) atoms. The highest BCUT2D eigenvalue weighted by atomic mass is 19.4. The van der Waals surface area contributed by atoms with Crippen LogP contribution in [0.25, 0.3) is 33.4 Å². The number of ether oxygens (including phenoxy) is 1. The van der Waals surface area contributed by atoms with Crippen molar-refractivity contribution in [2.45, 2.75) is 18.8 Å². The number of likely N-dealkylation sites (tertiary alicyclic amines) is 1. The minimum absolute atomic E-state index is 0.139. The summed E-state index contributed by atoms with van der Waals surface area (Å²) in [6.45, 7) is 1.28. The van der Waals surface area contributed by atoms with Crippen LogP contribution in [-0.2, 0) is 0 Å². The number of likely N-dealkylation sites (N-methyl/N-ethyl adjacent to an activating group) is 1. The number of nitrogen functional groups attached to an aromatic ring is 1. The molecule has 4 aromatic rings. The molecular formula is C26H25F3N6O2. The van der Waals surface area contributed by atoms with Gasteiger partial charge in [0, 0.05) is 47.5 Å². The zero-order valence-corrected chi connectivity index (χ0v) is 20.2.